The van der Waals surface area contributed by atoms with Crippen LogP contribution in [-0.4, -0.2) is 72.5 Å². The predicted molar refractivity (Wildman–Crippen MR) is 168 cm³/mol. The summed E-state index contributed by atoms with van der Waals surface area (Å²) in [5, 5.41) is 11.2. The number of imide groups is 1. The van der Waals surface area contributed by atoms with Gasteiger partial charge in [0.1, 0.15) is 25.0 Å². The highest BCUT2D eigenvalue weighted by molar-refractivity contribution is 5.95. The number of rotatable bonds is 12. The van der Waals surface area contributed by atoms with Gasteiger partial charge in [-0.05, 0) is 36.8 Å². The lowest BCUT2D eigenvalue weighted by Gasteiger charge is -2.22. The molecule has 4 atom stereocenters. The van der Waals surface area contributed by atoms with E-state index in [-0.39, 0.29) is 43.8 Å². The van der Waals surface area contributed by atoms with E-state index in [4.69, 9.17) is 27.7 Å². The minimum atomic E-state index is -0.849. The molecule has 0 unspecified atom stereocenters. The van der Waals surface area contributed by atoms with Gasteiger partial charge in [-0.3, -0.25) is 9.59 Å². The van der Waals surface area contributed by atoms with Gasteiger partial charge in [-0.1, -0.05) is 87.4 Å². The minimum absolute atomic E-state index is 0.114. The zero-order valence-corrected chi connectivity index (χ0v) is 25.9. The summed E-state index contributed by atoms with van der Waals surface area (Å²) >= 11 is 0. The van der Waals surface area contributed by atoms with Crippen LogP contribution in [0.2, 0.25) is 0 Å². The molecule has 2 fully saturated rings. The normalized spacial score (nSPS) is 17.8. The van der Waals surface area contributed by atoms with Crippen molar-refractivity contribution in [3.8, 4) is 0 Å². The standard InChI is InChI=1S/C17H20N2O3.C10H11NO2.C7H11NO2/c1-3-7-14(11-18-2)16(20)19-15(12-22-17(19)21)10-13-8-5-4-6-9-13;12-10-11-9(7-13-10)6-8-4-2-1-3-5-8;1-3-4-6(5-8-2)7(9)10/h4-6,8-9,14-15H,3,7,10-12H2,1H3;1-5,9H,6-7H2,(H,11,12);6H,3-5H2,1H3,(H,9,10)/t14-,15+;9-;6-/m101/s1. The summed E-state index contributed by atoms with van der Waals surface area (Å²) in [4.78, 5) is 53.2. The van der Waals surface area contributed by atoms with Gasteiger partial charge in [0, 0.05) is 0 Å². The van der Waals surface area contributed by atoms with Gasteiger partial charge in [-0.15, -0.1) is 0 Å². The topological polar surface area (TPSA) is 131 Å². The van der Waals surface area contributed by atoms with Crippen molar-refractivity contribution in [1.29, 1.82) is 0 Å². The summed E-state index contributed by atoms with van der Waals surface area (Å²) in [5.74, 6) is -2.01. The molecular formula is C34H42N4O7. The summed E-state index contributed by atoms with van der Waals surface area (Å²) < 4.78 is 9.85. The second-order valence-electron chi connectivity index (χ2n) is 10.7. The first kappa shape index (κ1) is 36.3. The molecule has 2 N–H and O–H groups in total. The van der Waals surface area contributed by atoms with Crippen LogP contribution in [0.1, 0.15) is 50.7 Å². The second-order valence-corrected chi connectivity index (χ2v) is 10.7. The second kappa shape index (κ2) is 20.1. The molecule has 2 heterocycles. The minimum Gasteiger partial charge on any atom is -0.481 e. The fourth-order valence-electron chi connectivity index (χ4n) is 4.90. The number of hydrogen-bond acceptors (Lipinski definition) is 6. The molecule has 4 rings (SSSR count). The van der Waals surface area contributed by atoms with E-state index in [2.05, 4.69) is 15.0 Å². The smallest absolute Gasteiger partial charge is 0.417 e. The molecule has 0 spiro atoms. The van der Waals surface area contributed by atoms with Crippen molar-refractivity contribution < 1.29 is 33.8 Å². The van der Waals surface area contributed by atoms with Gasteiger partial charge in [-0.25, -0.2) is 27.6 Å². The van der Waals surface area contributed by atoms with Crippen LogP contribution in [0.15, 0.2) is 60.7 Å². The summed E-state index contributed by atoms with van der Waals surface area (Å²) in [6.45, 7) is 18.3. The molecule has 11 heteroatoms. The van der Waals surface area contributed by atoms with E-state index in [0.717, 1.165) is 24.8 Å². The lowest BCUT2D eigenvalue weighted by atomic mass is 10.00. The Morgan fingerprint density at radius 3 is 1.89 bits per heavy atom. The number of alkyl carbamates (subject to hydrolysis) is 1. The van der Waals surface area contributed by atoms with Crippen molar-refractivity contribution >= 4 is 24.1 Å². The molecule has 0 aromatic heterocycles. The first-order valence-corrected chi connectivity index (χ1v) is 15.1. The maximum atomic E-state index is 12.6. The van der Waals surface area contributed by atoms with Gasteiger partial charge in [0.05, 0.1) is 12.1 Å². The number of carboxylic acid groups (broad SMARTS) is 1. The molecule has 2 aliphatic rings. The number of nitrogens with zero attached hydrogens (tertiary/aromatic N) is 3. The lowest BCUT2D eigenvalue weighted by Crippen LogP contribution is -2.44. The summed E-state index contributed by atoms with van der Waals surface area (Å²) in [6, 6.07) is 19.6. The van der Waals surface area contributed by atoms with E-state index in [1.54, 1.807) is 0 Å². The fourth-order valence-corrected chi connectivity index (χ4v) is 4.90. The number of amides is 3. The Bertz CT molecular complexity index is 1310. The largest absolute Gasteiger partial charge is 0.481 e. The Morgan fingerprint density at radius 2 is 1.40 bits per heavy atom. The Kier molecular flexibility index (Phi) is 16.2. The molecule has 2 aliphatic heterocycles. The van der Waals surface area contributed by atoms with E-state index in [1.807, 2.05) is 74.5 Å². The number of carbonyl (C=O) groups is 4. The molecule has 0 bridgehead atoms. The Morgan fingerprint density at radius 1 is 0.867 bits per heavy atom. The number of ether oxygens (including phenoxy) is 2. The van der Waals surface area contributed by atoms with Gasteiger partial charge in [0.2, 0.25) is 19.0 Å². The highest BCUT2D eigenvalue weighted by Gasteiger charge is 2.41. The van der Waals surface area contributed by atoms with E-state index in [1.165, 1.54) is 10.5 Å². The molecule has 240 valence electrons. The van der Waals surface area contributed by atoms with Crippen molar-refractivity contribution in [3.05, 3.63) is 94.6 Å². The van der Waals surface area contributed by atoms with Gasteiger partial charge in [0.25, 0.3) is 0 Å². The molecule has 0 saturated carbocycles. The summed E-state index contributed by atoms with van der Waals surface area (Å²) in [5.41, 5.74) is 2.28. The number of benzene rings is 2. The predicted octanol–water partition coefficient (Wildman–Crippen LogP) is 5.66. The Labute approximate surface area is 265 Å². The fraction of sp³-hybridized carbons (Fsp3) is 0.471. The number of cyclic esters (lactones) is 2. The van der Waals surface area contributed by atoms with Crippen LogP contribution in [0.25, 0.3) is 9.69 Å². The van der Waals surface area contributed by atoms with Crippen LogP contribution in [0, 0.1) is 25.0 Å². The van der Waals surface area contributed by atoms with Crippen LogP contribution in [0.4, 0.5) is 9.59 Å². The van der Waals surface area contributed by atoms with E-state index < -0.39 is 23.9 Å². The maximum Gasteiger partial charge on any atom is 0.417 e. The third-order valence-electron chi connectivity index (χ3n) is 7.17. The van der Waals surface area contributed by atoms with Crippen LogP contribution in [-0.2, 0) is 31.9 Å². The third-order valence-corrected chi connectivity index (χ3v) is 7.17. The van der Waals surface area contributed by atoms with Crippen molar-refractivity contribution in [2.24, 2.45) is 11.8 Å². The third kappa shape index (κ3) is 12.7. The Hall–Kier alpha value is -4.90. The monoisotopic (exact) mass is 618 g/mol. The van der Waals surface area contributed by atoms with Crippen molar-refractivity contribution in [1.82, 2.24) is 10.2 Å². The lowest BCUT2D eigenvalue weighted by molar-refractivity contribution is -0.141. The summed E-state index contributed by atoms with van der Waals surface area (Å²) in [6.07, 6.45) is 3.38. The van der Waals surface area contributed by atoms with E-state index in [0.29, 0.717) is 25.9 Å². The van der Waals surface area contributed by atoms with Gasteiger partial charge < -0.3 is 29.6 Å². The number of carboxylic acids is 1. The summed E-state index contributed by atoms with van der Waals surface area (Å²) in [7, 11) is 0. The van der Waals surface area contributed by atoms with Gasteiger partial charge in [0.15, 0.2) is 0 Å². The molecule has 2 saturated heterocycles. The number of nitrogens with one attached hydrogen (secondary N) is 1. The van der Waals surface area contributed by atoms with Crippen LogP contribution < -0.4 is 5.32 Å². The van der Waals surface area contributed by atoms with Gasteiger partial charge >= 0.3 is 18.2 Å². The number of aliphatic carboxylic acids is 1. The molecule has 3 amide bonds. The molecular weight excluding hydrogens is 576 g/mol. The SMILES string of the molecule is O=C1N[C@@H](Cc2ccccc2)CO1.[C-]#[N+]C[C@@H](CCC)C(=O)N1C(=O)OC[C@@H]1Cc1ccccc1.[C-]#[N+]C[C@@H](CCC)C(=O)O. The molecule has 2 aromatic rings. The zero-order chi connectivity index (χ0) is 33.0. The van der Waals surface area contributed by atoms with Crippen LogP contribution >= 0.6 is 0 Å². The van der Waals surface area contributed by atoms with Crippen molar-refractivity contribution in [2.45, 2.75) is 64.5 Å². The quantitative estimate of drug-likeness (QED) is 0.294. The zero-order valence-electron chi connectivity index (χ0n) is 25.9. The van der Waals surface area contributed by atoms with E-state index >= 15 is 0 Å². The van der Waals surface area contributed by atoms with Crippen LogP contribution in [0.3, 0.4) is 0 Å². The Balaban J connectivity index is 0.000000260. The van der Waals surface area contributed by atoms with Crippen LogP contribution in [0.5, 0.6) is 0 Å². The maximum absolute atomic E-state index is 12.6. The first-order valence-electron chi connectivity index (χ1n) is 15.1. The molecule has 11 nitrogen and oxygen atoms in total. The van der Waals surface area contributed by atoms with Crippen molar-refractivity contribution in [3.63, 3.8) is 0 Å². The number of carbonyl (C=O) groups excluding carboxylic acids is 3. The molecule has 2 aromatic carbocycles. The van der Waals surface area contributed by atoms with E-state index in [9.17, 15) is 19.2 Å². The average Bonchev–Trinajstić information content (AvgIpc) is 3.62. The molecule has 0 aliphatic carbocycles. The van der Waals surface area contributed by atoms with Gasteiger partial charge in [-0.2, -0.15) is 0 Å². The highest BCUT2D eigenvalue weighted by Crippen LogP contribution is 2.22. The number of hydrogen-bond donors (Lipinski definition) is 2. The average molecular weight is 619 g/mol. The van der Waals surface area contributed by atoms with Crippen molar-refractivity contribution in [2.75, 3.05) is 26.3 Å². The first-order chi connectivity index (χ1) is 21.7. The highest BCUT2D eigenvalue weighted by atomic mass is 16.6. The molecule has 45 heavy (non-hydrogen) atoms. The molecule has 0 radical (unpaired) electrons.